The lowest BCUT2D eigenvalue weighted by atomic mass is 10.0. The van der Waals surface area contributed by atoms with Crippen molar-refractivity contribution in [2.75, 3.05) is 5.32 Å². The SMILES string of the molecule is C[C@@H](Nc1c(C#N)nnc2cc(-c3ccc(C[SH](=O)=O)cc3)ccc12)C1CC1. The van der Waals surface area contributed by atoms with Gasteiger partial charge in [0.15, 0.2) is 5.69 Å². The van der Waals surface area contributed by atoms with E-state index < -0.39 is 10.7 Å². The van der Waals surface area contributed by atoms with Gasteiger partial charge in [-0.25, -0.2) is 8.42 Å². The van der Waals surface area contributed by atoms with Gasteiger partial charge in [-0.3, -0.25) is 0 Å². The Morgan fingerprint density at radius 1 is 1.14 bits per heavy atom. The van der Waals surface area contributed by atoms with Gasteiger partial charge in [0.1, 0.15) is 16.8 Å². The van der Waals surface area contributed by atoms with Gasteiger partial charge in [-0.2, -0.15) is 5.26 Å². The van der Waals surface area contributed by atoms with E-state index in [1.807, 2.05) is 42.5 Å². The monoisotopic (exact) mass is 392 g/mol. The number of aromatic nitrogens is 2. The Balaban J connectivity index is 1.70. The van der Waals surface area contributed by atoms with Gasteiger partial charge in [-0.15, -0.1) is 10.2 Å². The topological polar surface area (TPSA) is 95.7 Å². The fourth-order valence-corrected chi connectivity index (χ4v) is 3.91. The maximum absolute atomic E-state index is 10.9. The van der Waals surface area contributed by atoms with Gasteiger partial charge in [0.25, 0.3) is 0 Å². The molecule has 1 aliphatic rings. The number of nitrogens with one attached hydrogen (secondary N) is 1. The number of fused-ring (bicyclic) bond motifs is 1. The minimum atomic E-state index is -2.43. The van der Waals surface area contributed by atoms with Gasteiger partial charge in [-0.1, -0.05) is 30.3 Å². The van der Waals surface area contributed by atoms with E-state index in [-0.39, 0.29) is 5.75 Å². The van der Waals surface area contributed by atoms with Crippen molar-refractivity contribution in [3.8, 4) is 17.2 Å². The van der Waals surface area contributed by atoms with E-state index in [0.717, 1.165) is 27.8 Å². The van der Waals surface area contributed by atoms with E-state index in [1.54, 1.807) is 0 Å². The third-order valence-corrected chi connectivity index (χ3v) is 5.79. The summed E-state index contributed by atoms with van der Waals surface area (Å²) in [4.78, 5) is 0. The smallest absolute Gasteiger partial charge is 0.186 e. The van der Waals surface area contributed by atoms with Crippen molar-refractivity contribution >= 4 is 27.3 Å². The Kier molecular flexibility index (Phi) is 4.97. The van der Waals surface area contributed by atoms with Crippen molar-refractivity contribution in [3.63, 3.8) is 0 Å². The second-order valence-electron chi connectivity index (χ2n) is 7.23. The molecule has 4 rings (SSSR count). The molecule has 0 unspecified atom stereocenters. The quantitative estimate of drug-likeness (QED) is 0.624. The minimum Gasteiger partial charge on any atom is -0.379 e. The normalized spacial score (nSPS) is 14.8. The molecule has 7 heteroatoms. The summed E-state index contributed by atoms with van der Waals surface area (Å²) >= 11 is 0. The standard InChI is InChI=1S/C21H20N4O2S/c1-13(15-6-7-15)23-21-18-9-8-17(10-19(18)24-25-20(21)11-22)16-4-2-14(3-5-16)12-28(26)27/h2-5,8-10,13,15,28H,6-7,12H2,1H3,(H,23,24)/t13-/m1/s1. The van der Waals surface area contributed by atoms with Gasteiger partial charge in [0.05, 0.1) is 17.0 Å². The van der Waals surface area contributed by atoms with Crippen LogP contribution in [-0.4, -0.2) is 24.7 Å². The van der Waals surface area contributed by atoms with Crippen LogP contribution in [0.1, 0.15) is 31.0 Å². The van der Waals surface area contributed by atoms with Crippen molar-refractivity contribution in [1.82, 2.24) is 10.2 Å². The van der Waals surface area contributed by atoms with E-state index in [0.29, 0.717) is 23.2 Å². The van der Waals surface area contributed by atoms with E-state index >= 15 is 0 Å². The average Bonchev–Trinajstić information content (AvgIpc) is 3.53. The summed E-state index contributed by atoms with van der Waals surface area (Å²) in [7, 11) is -2.43. The Morgan fingerprint density at radius 3 is 2.50 bits per heavy atom. The summed E-state index contributed by atoms with van der Waals surface area (Å²) < 4.78 is 21.7. The molecule has 3 aromatic rings. The first-order valence-corrected chi connectivity index (χ1v) is 10.6. The highest BCUT2D eigenvalue weighted by molar-refractivity contribution is 7.71. The van der Waals surface area contributed by atoms with E-state index in [9.17, 15) is 13.7 Å². The van der Waals surface area contributed by atoms with Crippen molar-refractivity contribution in [1.29, 1.82) is 5.26 Å². The number of nitrogens with zero attached hydrogens (tertiary/aromatic N) is 3. The molecular weight excluding hydrogens is 372 g/mol. The van der Waals surface area contributed by atoms with Crippen LogP contribution in [0.3, 0.4) is 0 Å². The van der Waals surface area contributed by atoms with Crippen molar-refractivity contribution in [2.45, 2.75) is 31.6 Å². The molecule has 0 saturated heterocycles. The summed E-state index contributed by atoms with van der Waals surface area (Å²) in [5.41, 5.74) is 4.47. The lowest BCUT2D eigenvalue weighted by molar-refractivity contribution is 0.614. The first-order chi connectivity index (χ1) is 13.5. The Morgan fingerprint density at radius 2 is 1.86 bits per heavy atom. The molecule has 1 N–H and O–H groups in total. The van der Waals surface area contributed by atoms with E-state index in [4.69, 9.17) is 0 Å². The molecule has 1 heterocycles. The second-order valence-corrected chi connectivity index (χ2v) is 8.21. The maximum atomic E-state index is 10.9. The lowest BCUT2D eigenvalue weighted by Gasteiger charge is -2.17. The minimum absolute atomic E-state index is 0.0456. The number of benzene rings is 2. The predicted molar refractivity (Wildman–Crippen MR) is 110 cm³/mol. The number of anilines is 1. The molecule has 6 nitrogen and oxygen atoms in total. The van der Waals surface area contributed by atoms with Crippen LogP contribution in [-0.2, 0) is 16.5 Å². The van der Waals surface area contributed by atoms with Crippen LogP contribution >= 0.6 is 0 Å². The van der Waals surface area contributed by atoms with Gasteiger partial charge < -0.3 is 5.32 Å². The Bertz CT molecular complexity index is 1140. The Labute approximate surface area is 165 Å². The molecule has 1 aromatic heterocycles. The summed E-state index contributed by atoms with van der Waals surface area (Å²) in [5.74, 6) is 0.695. The molecule has 0 radical (unpaired) electrons. The third-order valence-electron chi connectivity index (χ3n) is 5.17. The van der Waals surface area contributed by atoms with Crippen LogP contribution in [0.2, 0.25) is 0 Å². The molecule has 1 atom stereocenters. The zero-order valence-electron chi connectivity index (χ0n) is 15.4. The van der Waals surface area contributed by atoms with E-state index in [2.05, 4.69) is 28.5 Å². The number of hydrogen-bond acceptors (Lipinski definition) is 6. The molecule has 0 spiro atoms. The predicted octanol–water partition coefficient (Wildman–Crippen LogP) is 3.49. The van der Waals surface area contributed by atoms with Gasteiger partial charge in [0, 0.05) is 11.4 Å². The molecule has 0 aliphatic heterocycles. The first kappa shape index (κ1) is 18.4. The fourth-order valence-electron chi connectivity index (χ4n) is 3.40. The highest BCUT2D eigenvalue weighted by atomic mass is 32.2. The molecule has 2 aromatic carbocycles. The zero-order valence-corrected chi connectivity index (χ0v) is 16.3. The highest BCUT2D eigenvalue weighted by Gasteiger charge is 2.29. The molecule has 142 valence electrons. The molecule has 1 saturated carbocycles. The van der Waals surface area contributed by atoms with Crippen LogP contribution in [0.25, 0.3) is 22.0 Å². The van der Waals surface area contributed by atoms with Crippen LogP contribution in [0.15, 0.2) is 42.5 Å². The van der Waals surface area contributed by atoms with Crippen LogP contribution < -0.4 is 5.32 Å². The van der Waals surface area contributed by atoms with Crippen LogP contribution in [0.4, 0.5) is 5.69 Å². The number of rotatable bonds is 6. The summed E-state index contributed by atoms with van der Waals surface area (Å²) in [5, 5.41) is 22.1. The maximum Gasteiger partial charge on any atom is 0.186 e. The first-order valence-electron chi connectivity index (χ1n) is 9.23. The van der Waals surface area contributed by atoms with Crippen molar-refractivity contribution in [3.05, 3.63) is 53.7 Å². The summed E-state index contributed by atoms with van der Waals surface area (Å²) in [6.45, 7) is 2.14. The summed E-state index contributed by atoms with van der Waals surface area (Å²) in [6, 6.07) is 15.8. The lowest BCUT2D eigenvalue weighted by Crippen LogP contribution is -2.19. The molecule has 0 amide bonds. The number of thiol groups is 1. The summed E-state index contributed by atoms with van der Waals surface area (Å²) in [6.07, 6.45) is 2.43. The van der Waals surface area contributed by atoms with Gasteiger partial charge in [-0.05, 0) is 54.5 Å². The van der Waals surface area contributed by atoms with Crippen molar-refractivity contribution < 1.29 is 8.42 Å². The van der Waals surface area contributed by atoms with Gasteiger partial charge in [0.2, 0.25) is 0 Å². The Hall–Kier alpha value is -2.98. The largest absolute Gasteiger partial charge is 0.379 e. The van der Waals surface area contributed by atoms with E-state index in [1.165, 1.54) is 12.8 Å². The molecule has 1 aliphatic carbocycles. The zero-order chi connectivity index (χ0) is 19.7. The van der Waals surface area contributed by atoms with Crippen molar-refractivity contribution in [2.24, 2.45) is 5.92 Å². The fraction of sp³-hybridized carbons (Fsp3) is 0.286. The number of nitriles is 1. The number of hydrogen-bond donors (Lipinski definition) is 2. The molecule has 0 bridgehead atoms. The van der Waals surface area contributed by atoms with Crippen LogP contribution in [0.5, 0.6) is 0 Å². The molecule has 28 heavy (non-hydrogen) atoms. The van der Waals surface area contributed by atoms with Crippen LogP contribution in [0, 0.1) is 17.2 Å². The van der Waals surface area contributed by atoms with Gasteiger partial charge >= 0.3 is 0 Å². The molecular formula is C21H20N4O2S. The average molecular weight is 392 g/mol. The second kappa shape index (κ2) is 7.56. The highest BCUT2D eigenvalue weighted by Crippen LogP contribution is 2.36. The third kappa shape index (κ3) is 3.82. The molecule has 1 fully saturated rings.